The zero-order valence-electron chi connectivity index (χ0n) is 9.93. The van der Waals surface area contributed by atoms with Gasteiger partial charge in [-0.2, -0.15) is 0 Å². The average Bonchev–Trinajstić information content (AvgIpc) is 2.54. The first-order chi connectivity index (χ1) is 8.41. The van der Waals surface area contributed by atoms with Gasteiger partial charge in [-0.3, -0.25) is 9.59 Å². The molecule has 1 aliphatic rings. The van der Waals surface area contributed by atoms with Gasteiger partial charge < -0.3 is 5.11 Å². The van der Waals surface area contributed by atoms with Crippen molar-refractivity contribution in [1.29, 1.82) is 0 Å². The summed E-state index contributed by atoms with van der Waals surface area (Å²) in [5.74, 6) is -2.16. The standard InChI is InChI=1S/C13H11NO4/c1-7-3-4-10(9(5-7)13(17)18)14-11(15)6-8(2)12(14)16/h3-6H,1-2H3,(H,17,18). The third kappa shape index (κ3) is 1.79. The number of carboxylic acids is 1. The van der Waals surface area contributed by atoms with Gasteiger partial charge in [0.05, 0.1) is 11.3 Å². The molecule has 2 rings (SSSR count). The fraction of sp³-hybridized carbons (Fsp3) is 0.154. The summed E-state index contributed by atoms with van der Waals surface area (Å²) >= 11 is 0. The molecule has 0 bridgehead atoms. The van der Waals surface area contributed by atoms with E-state index in [1.807, 2.05) is 0 Å². The van der Waals surface area contributed by atoms with Gasteiger partial charge in [0.1, 0.15) is 0 Å². The first-order valence-corrected chi connectivity index (χ1v) is 5.32. The smallest absolute Gasteiger partial charge is 0.337 e. The molecule has 1 aromatic rings. The monoisotopic (exact) mass is 245 g/mol. The summed E-state index contributed by atoms with van der Waals surface area (Å²) in [6, 6.07) is 4.57. The molecule has 18 heavy (non-hydrogen) atoms. The molecule has 0 atom stereocenters. The Bertz CT molecular complexity index is 601. The lowest BCUT2D eigenvalue weighted by Gasteiger charge is -2.17. The molecule has 92 valence electrons. The van der Waals surface area contributed by atoms with Crippen LogP contribution in [0.2, 0.25) is 0 Å². The Hall–Kier alpha value is -2.43. The fourth-order valence-electron chi connectivity index (χ4n) is 1.83. The number of benzene rings is 1. The van der Waals surface area contributed by atoms with Gasteiger partial charge in [-0.05, 0) is 26.0 Å². The van der Waals surface area contributed by atoms with Crippen LogP contribution in [0.25, 0.3) is 0 Å². The molecule has 1 heterocycles. The molecule has 0 radical (unpaired) electrons. The Morgan fingerprint density at radius 2 is 1.89 bits per heavy atom. The number of aromatic carboxylic acids is 1. The number of anilines is 1. The van der Waals surface area contributed by atoms with E-state index in [2.05, 4.69) is 0 Å². The number of imide groups is 1. The van der Waals surface area contributed by atoms with Crippen molar-refractivity contribution in [2.75, 3.05) is 4.90 Å². The Kier molecular flexibility index (Phi) is 2.74. The predicted molar refractivity (Wildman–Crippen MR) is 64.4 cm³/mol. The van der Waals surface area contributed by atoms with Gasteiger partial charge in [-0.15, -0.1) is 0 Å². The topological polar surface area (TPSA) is 74.7 Å². The van der Waals surface area contributed by atoms with Crippen LogP contribution >= 0.6 is 0 Å². The molecule has 0 saturated carbocycles. The maximum atomic E-state index is 11.8. The molecule has 5 nitrogen and oxygen atoms in total. The zero-order chi connectivity index (χ0) is 13.4. The van der Waals surface area contributed by atoms with E-state index in [0.717, 1.165) is 10.5 Å². The summed E-state index contributed by atoms with van der Waals surface area (Å²) in [4.78, 5) is 35.6. The maximum Gasteiger partial charge on any atom is 0.337 e. The van der Waals surface area contributed by atoms with E-state index in [9.17, 15) is 14.4 Å². The molecular weight excluding hydrogens is 234 g/mol. The molecule has 0 spiro atoms. The number of carboxylic acid groups (broad SMARTS) is 1. The summed E-state index contributed by atoms with van der Waals surface area (Å²) in [5, 5.41) is 9.12. The molecule has 0 aliphatic carbocycles. The molecule has 1 aromatic carbocycles. The minimum atomic E-state index is -1.17. The highest BCUT2D eigenvalue weighted by atomic mass is 16.4. The van der Waals surface area contributed by atoms with E-state index in [4.69, 9.17) is 5.11 Å². The minimum absolute atomic E-state index is 0.0557. The summed E-state index contributed by atoms with van der Waals surface area (Å²) in [6.45, 7) is 3.27. The molecular formula is C13H11NO4. The SMILES string of the molecule is CC1=CC(=O)N(c2ccc(C)cc2C(=O)O)C1=O. The fourth-order valence-corrected chi connectivity index (χ4v) is 1.83. The average molecular weight is 245 g/mol. The normalized spacial score (nSPS) is 15.0. The maximum absolute atomic E-state index is 11.8. The van der Waals surface area contributed by atoms with Gasteiger partial charge in [-0.1, -0.05) is 11.6 Å². The zero-order valence-corrected chi connectivity index (χ0v) is 9.93. The highest BCUT2D eigenvalue weighted by molar-refractivity contribution is 6.31. The van der Waals surface area contributed by atoms with E-state index in [1.165, 1.54) is 25.1 Å². The Morgan fingerprint density at radius 3 is 2.39 bits per heavy atom. The minimum Gasteiger partial charge on any atom is -0.478 e. The predicted octanol–water partition coefficient (Wildman–Crippen LogP) is 1.51. The largest absolute Gasteiger partial charge is 0.478 e. The van der Waals surface area contributed by atoms with Crippen LogP contribution in [-0.2, 0) is 9.59 Å². The van der Waals surface area contributed by atoms with Crippen molar-refractivity contribution >= 4 is 23.5 Å². The van der Waals surface area contributed by atoms with Crippen LogP contribution in [0.3, 0.4) is 0 Å². The van der Waals surface area contributed by atoms with Gasteiger partial charge in [0.15, 0.2) is 0 Å². The molecule has 1 aliphatic heterocycles. The van der Waals surface area contributed by atoms with E-state index in [1.54, 1.807) is 13.0 Å². The van der Waals surface area contributed by atoms with Crippen molar-refractivity contribution in [3.8, 4) is 0 Å². The Morgan fingerprint density at radius 1 is 1.22 bits per heavy atom. The van der Waals surface area contributed by atoms with Crippen molar-refractivity contribution in [3.63, 3.8) is 0 Å². The second-order valence-electron chi connectivity index (χ2n) is 4.13. The first kappa shape index (κ1) is 12.0. The molecule has 0 saturated heterocycles. The van der Waals surface area contributed by atoms with Crippen LogP contribution in [0.5, 0.6) is 0 Å². The third-order valence-corrected chi connectivity index (χ3v) is 2.72. The number of hydrogen-bond acceptors (Lipinski definition) is 3. The van der Waals surface area contributed by atoms with Gasteiger partial charge in [0, 0.05) is 11.6 Å². The number of carbonyl (C=O) groups excluding carboxylic acids is 2. The Labute approximate surface area is 103 Å². The molecule has 2 amide bonds. The summed E-state index contributed by atoms with van der Waals surface area (Å²) in [5.41, 5.74) is 1.10. The van der Waals surface area contributed by atoms with Gasteiger partial charge in [-0.25, -0.2) is 9.69 Å². The van der Waals surface area contributed by atoms with E-state index >= 15 is 0 Å². The lowest BCUT2D eigenvalue weighted by Crippen LogP contribution is -2.32. The van der Waals surface area contributed by atoms with Crippen molar-refractivity contribution in [1.82, 2.24) is 0 Å². The van der Waals surface area contributed by atoms with Crippen LogP contribution in [0, 0.1) is 6.92 Å². The lowest BCUT2D eigenvalue weighted by atomic mass is 10.1. The second kappa shape index (κ2) is 4.10. The molecule has 5 heteroatoms. The molecule has 0 unspecified atom stereocenters. The number of nitrogens with zero attached hydrogens (tertiary/aromatic N) is 1. The van der Waals surface area contributed by atoms with Crippen molar-refractivity contribution in [2.24, 2.45) is 0 Å². The van der Waals surface area contributed by atoms with Crippen molar-refractivity contribution in [2.45, 2.75) is 13.8 Å². The summed E-state index contributed by atoms with van der Waals surface area (Å²) < 4.78 is 0. The molecule has 0 aromatic heterocycles. The van der Waals surface area contributed by atoms with E-state index < -0.39 is 17.8 Å². The van der Waals surface area contributed by atoms with Gasteiger partial charge >= 0.3 is 5.97 Å². The van der Waals surface area contributed by atoms with E-state index in [0.29, 0.717) is 5.57 Å². The van der Waals surface area contributed by atoms with E-state index in [-0.39, 0.29) is 11.3 Å². The number of carbonyl (C=O) groups is 3. The van der Waals surface area contributed by atoms with Crippen LogP contribution in [-0.4, -0.2) is 22.9 Å². The highest BCUT2D eigenvalue weighted by Crippen LogP contribution is 2.27. The van der Waals surface area contributed by atoms with Crippen LogP contribution in [0.15, 0.2) is 29.8 Å². The lowest BCUT2D eigenvalue weighted by molar-refractivity contribution is -0.120. The Balaban J connectivity index is 2.56. The van der Waals surface area contributed by atoms with Gasteiger partial charge in [0.25, 0.3) is 11.8 Å². The highest BCUT2D eigenvalue weighted by Gasteiger charge is 2.32. The van der Waals surface area contributed by atoms with Crippen LogP contribution < -0.4 is 4.90 Å². The second-order valence-corrected chi connectivity index (χ2v) is 4.13. The third-order valence-electron chi connectivity index (χ3n) is 2.72. The van der Waals surface area contributed by atoms with Crippen LogP contribution in [0.1, 0.15) is 22.8 Å². The van der Waals surface area contributed by atoms with Crippen molar-refractivity contribution in [3.05, 3.63) is 41.0 Å². The summed E-state index contributed by atoms with van der Waals surface area (Å²) in [6.07, 6.45) is 1.20. The summed E-state index contributed by atoms with van der Waals surface area (Å²) in [7, 11) is 0. The van der Waals surface area contributed by atoms with Crippen molar-refractivity contribution < 1.29 is 19.5 Å². The first-order valence-electron chi connectivity index (χ1n) is 5.32. The molecule has 1 N–H and O–H groups in total. The molecule has 0 fully saturated rings. The number of hydrogen-bond donors (Lipinski definition) is 1. The quantitative estimate of drug-likeness (QED) is 0.801. The number of amides is 2. The van der Waals surface area contributed by atoms with Gasteiger partial charge in [0.2, 0.25) is 0 Å². The van der Waals surface area contributed by atoms with Crippen LogP contribution in [0.4, 0.5) is 5.69 Å². The number of rotatable bonds is 2. The number of aryl methyl sites for hydroxylation is 1.